The van der Waals surface area contributed by atoms with Crippen LogP contribution in [0.4, 0.5) is 5.82 Å². The topological polar surface area (TPSA) is 98.4 Å². The van der Waals surface area contributed by atoms with E-state index in [1.165, 1.54) is 0 Å². The van der Waals surface area contributed by atoms with E-state index < -0.39 is 0 Å². The van der Waals surface area contributed by atoms with Gasteiger partial charge in [-0.3, -0.25) is 14.9 Å². The van der Waals surface area contributed by atoms with Crippen LogP contribution in [0.15, 0.2) is 48.7 Å². The van der Waals surface area contributed by atoms with Gasteiger partial charge in [0.25, 0.3) is 0 Å². The molecule has 2 heterocycles. The van der Waals surface area contributed by atoms with Crippen LogP contribution in [-0.4, -0.2) is 35.3 Å². The van der Waals surface area contributed by atoms with Crippen LogP contribution in [0, 0.1) is 13.8 Å². The van der Waals surface area contributed by atoms with Crippen LogP contribution < -0.4 is 19.5 Å². The quantitative estimate of drug-likeness (QED) is 0.444. The van der Waals surface area contributed by atoms with Gasteiger partial charge in [-0.2, -0.15) is 5.10 Å². The second-order valence-electron chi connectivity index (χ2n) is 7.32. The normalized spacial score (nSPS) is 10.8. The van der Waals surface area contributed by atoms with Crippen molar-refractivity contribution in [1.29, 1.82) is 0 Å². The molecule has 4 aromatic rings. The number of fused-ring (bicyclic) bond motifs is 1. The Morgan fingerprint density at radius 1 is 1.00 bits per heavy atom. The number of pyridine rings is 1. The van der Waals surface area contributed by atoms with Crippen LogP contribution in [0.1, 0.15) is 16.8 Å². The molecule has 0 saturated heterocycles. The Morgan fingerprint density at radius 3 is 2.53 bits per heavy atom. The molecule has 2 aromatic carbocycles. The van der Waals surface area contributed by atoms with E-state index in [-0.39, 0.29) is 12.3 Å². The van der Waals surface area contributed by atoms with Crippen molar-refractivity contribution in [3.63, 3.8) is 0 Å². The van der Waals surface area contributed by atoms with Gasteiger partial charge >= 0.3 is 0 Å². The highest BCUT2D eigenvalue weighted by Crippen LogP contribution is 2.33. The first-order valence-electron chi connectivity index (χ1n) is 10.1. The fourth-order valence-corrected chi connectivity index (χ4v) is 3.34. The summed E-state index contributed by atoms with van der Waals surface area (Å²) in [5.74, 6) is 2.90. The number of anilines is 1. The summed E-state index contributed by atoms with van der Waals surface area (Å²) in [5.41, 5.74) is 3.34. The summed E-state index contributed by atoms with van der Waals surface area (Å²) in [6, 6.07) is 12.8. The van der Waals surface area contributed by atoms with Gasteiger partial charge in [0.1, 0.15) is 23.0 Å². The van der Waals surface area contributed by atoms with Gasteiger partial charge in [-0.05, 0) is 38.1 Å². The molecule has 0 saturated carbocycles. The zero-order valence-electron chi connectivity index (χ0n) is 18.4. The number of aromatic amines is 1. The highest BCUT2D eigenvalue weighted by molar-refractivity contribution is 5.92. The molecular formula is C24H24N4O4. The molecule has 164 valence electrons. The first-order chi connectivity index (χ1) is 15.5. The molecule has 8 nitrogen and oxygen atoms in total. The average molecular weight is 432 g/mol. The summed E-state index contributed by atoms with van der Waals surface area (Å²) in [6.07, 6.45) is 1.83. The molecule has 0 radical (unpaired) electrons. The molecule has 4 rings (SSSR count). The number of ether oxygens (including phenoxy) is 3. The minimum atomic E-state index is -0.180. The van der Waals surface area contributed by atoms with Gasteiger partial charge in [-0.15, -0.1) is 0 Å². The lowest BCUT2D eigenvalue weighted by atomic mass is 10.1. The number of methoxy groups -OCH3 is 2. The smallest absolute Gasteiger partial charge is 0.230 e. The molecule has 1 amide bonds. The van der Waals surface area contributed by atoms with Crippen molar-refractivity contribution in [3.05, 3.63) is 65.5 Å². The summed E-state index contributed by atoms with van der Waals surface area (Å²) in [6.45, 7) is 3.81. The number of carbonyl (C=O) groups is 1. The molecule has 32 heavy (non-hydrogen) atoms. The Balaban J connectivity index is 1.53. The summed E-state index contributed by atoms with van der Waals surface area (Å²) in [5, 5.41) is 10.7. The van der Waals surface area contributed by atoms with Crippen molar-refractivity contribution in [2.45, 2.75) is 20.3 Å². The number of aromatic nitrogens is 3. The maximum Gasteiger partial charge on any atom is 0.230 e. The molecular weight excluding hydrogens is 408 g/mol. The van der Waals surface area contributed by atoms with E-state index in [1.54, 1.807) is 32.5 Å². The Hall–Kier alpha value is -4.07. The number of amides is 1. The second-order valence-corrected chi connectivity index (χ2v) is 7.32. The van der Waals surface area contributed by atoms with Crippen molar-refractivity contribution in [3.8, 4) is 23.0 Å². The van der Waals surface area contributed by atoms with Crippen LogP contribution in [0.5, 0.6) is 23.0 Å². The molecule has 0 aliphatic heterocycles. The van der Waals surface area contributed by atoms with E-state index in [0.29, 0.717) is 23.1 Å². The number of rotatable bonds is 7. The minimum Gasteiger partial charge on any atom is -0.497 e. The van der Waals surface area contributed by atoms with Gasteiger partial charge in [-0.1, -0.05) is 6.07 Å². The number of hydrogen-bond acceptors (Lipinski definition) is 6. The predicted molar refractivity (Wildman–Crippen MR) is 122 cm³/mol. The van der Waals surface area contributed by atoms with Crippen LogP contribution in [0.2, 0.25) is 0 Å². The van der Waals surface area contributed by atoms with E-state index >= 15 is 0 Å². The highest BCUT2D eigenvalue weighted by Gasteiger charge is 2.14. The second kappa shape index (κ2) is 8.97. The molecule has 0 spiro atoms. The molecule has 2 N–H and O–H groups in total. The van der Waals surface area contributed by atoms with Gasteiger partial charge < -0.3 is 19.5 Å². The van der Waals surface area contributed by atoms with E-state index in [1.807, 2.05) is 44.2 Å². The van der Waals surface area contributed by atoms with Crippen molar-refractivity contribution < 1.29 is 19.0 Å². The summed E-state index contributed by atoms with van der Waals surface area (Å²) in [4.78, 5) is 16.9. The monoisotopic (exact) mass is 432 g/mol. The number of aryl methyl sites for hydroxylation is 1. The van der Waals surface area contributed by atoms with Gasteiger partial charge in [0.15, 0.2) is 5.82 Å². The van der Waals surface area contributed by atoms with Crippen molar-refractivity contribution in [1.82, 2.24) is 15.2 Å². The van der Waals surface area contributed by atoms with Crippen LogP contribution in [0.25, 0.3) is 10.9 Å². The predicted octanol–water partition coefficient (Wildman–Crippen LogP) is 4.57. The van der Waals surface area contributed by atoms with Crippen molar-refractivity contribution in [2.75, 3.05) is 19.5 Å². The Bertz CT molecular complexity index is 1280. The van der Waals surface area contributed by atoms with Gasteiger partial charge in [0.2, 0.25) is 5.91 Å². The maximum atomic E-state index is 12.5. The molecule has 0 atom stereocenters. The summed E-state index contributed by atoms with van der Waals surface area (Å²) >= 11 is 0. The number of nitrogens with one attached hydrogen (secondary N) is 2. The fraction of sp³-hybridized carbons (Fsp3) is 0.208. The maximum absolute atomic E-state index is 12.5. The van der Waals surface area contributed by atoms with E-state index in [0.717, 1.165) is 33.5 Å². The Morgan fingerprint density at radius 2 is 1.81 bits per heavy atom. The molecule has 0 unspecified atom stereocenters. The number of carbonyl (C=O) groups excluding carboxylic acids is 1. The largest absolute Gasteiger partial charge is 0.497 e. The van der Waals surface area contributed by atoms with E-state index in [2.05, 4.69) is 20.5 Å². The van der Waals surface area contributed by atoms with Crippen molar-refractivity contribution >= 4 is 22.6 Å². The molecule has 0 fully saturated rings. The molecule has 0 bridgehead atoms. The number of benzene rings is 2. The van der Waals surface area contributed by atoms with Crippen LogP contribution in [-0.2, 0) is 11.2 Å². The third-order valence-corrected chi connectivity index (χ3v) is 5.26. The summed E-state index contributed by atoms with van der Waals surface area (Å²) in [7, 11) is 3.18. The highest BCUT2D eigenvalue weighted by atomic mass is 16.5. The van der Waals surface area contributed by atoms with Crippen molar-refractivity contribution in [2.24, 2.45) is 0 Å². The lowest BCUT2D eigenvalue weighted by molar-refractivity contribution is -0.115. The zero-order valence-corrected chi connectivity index (χ0v) is 18.4. The SMILES string of the molecule is COc1ccc2c(Oc3ccc(CC(=O)Nc4n[nH]c(C)c4C)c(OC)c3)ccnc2c1. The van der Waals surface area contributed by atoms with Gasteiger partial charge in [0, 0.05) is 40.5 Å². The molecule has 0 aliphatic carbocycles. The van der Waals surface area contributed by atoms with Gasteiger partial charge in [-0.25, -0.2) is 0 Å². The Labute approximate surface area is 185 Å². The third-order valence-electron chi connectivity index (χ3n) is 5.26. The van der Waals surface area contributed by atoms with Gasteiger partial charge in [0.05, 0.1) is 26.2 Å². The Kier molecular flexibility index (Phi) is 5.93. The van der Waals surface area contributed by atoms with E-state index in [9.17, 15) is 4.79 Å². The fourth-order valence-electron chi connectivity index (χ4n) is 3.34. The molecule has 8 heteroatoms. The third kappa shape index (κ3) is 4.34. The number of H-pyrrole nitrogens is 1. The first-order valence-corrected chi connectivity index (χ1v) is 10.1. The molecule has 2 aromatic heterocycles. The van der Waals surface area contributed by atoms with Crippen LogP contribution in [0.3, 0.4) is 0 Å². The lowest BCUT2D eigenvalue weighted by Gasteiger charge is -2.13. The zero-order chi connectivity index (χ0) is 22.7. The summed E-state index contributed by atoms with van der Waals surface area (Å²) < 4.78 is 16.9. The van der Waals surface area contributed by atoms with E-state index in [4.69, 9.17) is 14.2 Å². The first kappa shape index (κ1) is 21.2. The molecule has 0 aliphatic rings. The number of nitrogens with zero attached hydrogens (tertiary/aromatic N) is 2. The minimum absolute atomic E-state index is 0.146. The standard InChI is InChI=1S/C24H24N4O4/c1-14-15(2)27-28-24(14)26-23(29)11-16-5-6-18(13-22(16)31-4)32-21-9-10-25-20-12-17(30-3)7-8-19(20)21/h5-10,12-13H,11H2,1-4H3,(H2,26,27,28,29). The van der Waals surface area contributed by atoms with Crippen LogP contribution >= 0.6 is 0 Å². The number of hydrogen-bond donors (Lipinski definition) is 2. The lowest BCUT2D eigenvalue weighted by Crippen LogP contribution is -2.15. The average Bonchev–Trinajstić information content (AvgIpc) is 3.11.